The van der Waals surface area contributed by atoms with Crippen LogP contribution in [0.1, 0.15) is 27.2 Å². The molecule has 18 heavy (non-hydrogen) atoms. The van der Waals surface area contributed by atoms with E-state index in [1.165, 1.54) is 6.26 Å². The van der Waals surface area contributed by atoms with Gasteiger partial charge in [0, 0.05) is 5.56 Å². The highest BCUT2D eigenvalue weighted by Gasteiger charge is 2.15. The molecule has 2 aromatic rings. The molecule has 0 bridgehead atoms. The second kappa shape index (κ2) is 4.86. The molecule has 0 unspecified atom stereocenters. The van der Waals surface area contributed by atoms with Crippen LogP contribution in [-0.2, 0) is 0 Å². The summed E-state index contributed by atoms with van der Waals surface area (Å²) in [4.78, 5) is 12.0. The van der Waals surface area contributed by atoms with Crippen molar-refractivity contribution in [1.29, 1.82) is 0 Å². The Morgan fingerprint density at radius 1 is 1.22 bits per heavy atom. The van der Waals surface area contributed by atoms with Gasteiger partial charge in [-0.05, 0) is 44.0 Å². The number of carbonyl (C=O) groups excluding carboxylic acids is 1. The number of nitrogens with one attached hydrogen (secondary N) is 1. The summed E-state index contributed by atoms with van der Waals surface area (Å²) in [5, 5.41) is 3.32. The first-order valence-electron chi connectivity index (χ1n) is 5.61. The van der Waals surface area contributed by atoms with E-state index in [0.29, 0.717) is 16.5 Å². The zero-order valence-electron chi connectivity index (χ0n) is 10.5. The number of benzene rings is 1. The minimum Gasteiger partial charge on any atom is -0.459 e. The van der Waals surface area contributed by atoms with E-state index in [2.05, 4.69) is 5.32 Å². The Bertz CT molecular complexity index is 579. The smallest absolute Gasteiger partial charge is 0.291 e. The van der Waals surface area contributed by atoms with Crippen molar-refractivity contribution in [1.82, 2.24) is 0 Å². The molecule has 0 spiro atoms. The third kappa shape index (κ3) is 2.41. The molecule has 0 atom stereocenters. The predicted molar refractivity (Wildman–Crippen MR) is 72.3 cm³/mol. The molecule has 1 N–H and O–H groups in total. The summed E-state index contributed by atoms with van der Waals surface area (Å²) in [6.07, 6.45) is 1.49. The molecular formula is C14H14ClNO2. The Morgan fingerprint density at radius 2 is 1.94 bits per heavy atom. The number of rotatable bonds is 2. The van der Waals surface area contributed by atoms with Crippen LogP contribution in [0.4, 0.5) is 5.69 Å². The second-order valence-corrected chi connectivity index (χ2v) is 4.73. The van der Waals surface area contributed by atoms with Gasteiger partial charge in [0.25, 0.3) is 5.91 Å². The monoisotopic (exact) mass is 263 g/mol. The maximum absolute atomic E-state index is 12.0. The quantitative estimate of drug-likeness (QED) is 0.886. The first-order chi connectivity index (χ1) is 8.49. The summed E-state index contributed by atoms with van der Waals surface area (Å²) in [6.45, 7) is 5.69. The molecule has 0 saturated carbocycles. The third-order valence-electron chi connectivity index (χ3n) is 2.74. The van der Waals surface area contributed by atoms with Gasteiger partial charge >= 0.3 is 0 Å². The van der Waals surface area contributed by atoms with Crippen LogP contribution in [0.2, 0.25) is 5.02 Å². The number of furan rings is 1. The SMILES string of the molecule is Cc1cc(C)c(NC(=O)c2occc2C)c(Cl)c1. The van der Waals surface area contributed by atoms with Gasteiger partial charge < -0.3 is 9.73 Å². The van der Waals surface area contributed by atoms with Gasteiger partial charge in [0.05, 0.1) is 17.0 Å². The molecule has 3 nitrogen and oxygen atoms in total. The van der Waals surface area contributed by atoms with Crippen molar-refractivity contribution in [3.63, 3.8) is 0 Å². The van der Waals surface area contributed by atoms with E-state index in [4.69, 9.17) is 16.0 Å². The molecule has 1 amide bonds. The van der Waals surface area contributed by atoms with Crippen molar-refractivity contribution < 1.29 is 9.21 Å². The number of hydrogen-bond acceptors (Lipinski definition) is 2. The summed E-state index contributed by atoms with van der Waals surface area (Å²) in [5.41, 5.74) is 3.42. The molecule has 0 fully saturated rings. The maximum atomic E-state index is 12.0. The average molecular weight is 264 g/mol. The summed E-state index contributed by atoms with van der Waals surface area (Å²) in [5.74, 6) is 0.0254. The lowest BCUT2D eigenvalue weighted by molar-refractivity contribution is 0.0996. The lowest BCUT2D eigenvalue weighted by Gasteiger charge is -2.10. The molecule has 1 aromatic carbocycles. The number of anilines is 1. The Hall–Kier alpha value is -1.74. The molecule has 2 rings (SSSR count). The van der Waals surface area contributed by atoms with E-state index >= 15 is 0 Å². The third-order valence-corrected chi connectivity index (χ3v) is 3.04. The molecule has 1 aromatic heterocycles. The van der Waals surface area contributed by atoms with Crippen molar-refractivity contribution >= 4 is 23.2 Å². The van der Waals surface area contributed by atoms with Crippen molar-refractivity contribution in [2.24, 2.45) is 0 Å². The van der Waals surface area contributed by atoms with Gasteiger partial charge in [-0.1, -0.05) is 17.7 Å². The molecule has 94 valence electrons. The van der Waals surface area contributed by atoms with Crippen molar-refractivity contribution in [3.05, 3.63) is 51.9 Å². The summed E-state index contributed by atoms with van der Waals surface area (Å²) >= 11 is 6.13. The number of halogens is 1. The van der Waals surface area contributed by atoms with Crippen molar-refractivity contribution in [2.45, 2.75) is 20.8 Å². The van der Waals surface area contributed by atoms with Crippen LogP contribution in [0.15, 0.2) is 28.9 Å². The van der Waals surface area contributed by atoms with Gasteiger partial charge in [0.15, 0.2) is 5.76 Å². The molecule has 0 aliphatic heterocycles. The first-order valence-corrected chi connectivity index (χ1v) is 5.99. The van der Waals surface area contributed by atoms with Gasteiger partial charge in [0.1, 0.15) is 0 Å². The van der Waals surface area contributed by atoms with Gasteiger partial charge in [-0.25, -0.2) is 0 Å². The highest BCUT2D eigenvalue weighted by Crippen LogP contribution is 2.28. The van der Waals surface area contributed by atoms with Gasteiger partial charge in [-0.15, -0.1) is 0 Å². The molecule has 1 heterocycles. The predicted octanol–water partition coefficient (Wildman–Crippen LogP) is 4.11. The van der Waals surface area contributed by atoms with Crippen LogP contribution in [0.25, 0.3) is 0 Å². The lowest BCUT2D eigenvalue weighted by Crippen LogP contribution is -2.13. The maximum Gasteiger partial charge on any atom is 0.291 e. The molecule has 4 heteroatoms. The largest absolute Gasteiger partial charge is 0.459 e. The normalized spacial score (nSPS) is 10.4. The minimum atomic E-state index is -0.286. The van der Waals surface area contributed by atoms with Crippen LogP contribution >= 0.6 is 11.6 Å². The highest BCUT2D eigenvalue weighted by molar-refractivity contribution is 6.34. The standard InChI is InChI=1S/C14H14ClNO2/c1-8-6-10(3)12(11(15)7-8)16-14(17)13-9(2)4-5-18-13/h4-7H,1-3H3,(H,16,17). The fourth-order valence-electron chi connectivity index (χ4n) is 1.85. The molecule has 0 aliphatic carbocycles. The van der Waals surface area contributed by atoms with Crippen LogP contribution in [0, 0.1) is 20.8 Å². The summed E-state index contributed by atoms with van der Waals surface area (Å²) in [7, 11) is 0. The Morgan fingerprint density at radius 3 is 2.50 bits per heavy atom. The van der Waals surface area contributed by atoms with E-state index in [1.807, 2.05) is 32.9 Å². The number of carbonyl (C=O) groups is 1. The van der Waals surface area contributed by atoms with Crippen molar-refractivity contribution in [2.75, 3.05) is 5.32 Å². The number of hydrogen-bond donors (Lipinski definition) is 1. The van der Waals surface area contributed by atoms with Gasteiger partial charge in [0.2, 0.25) is 0 Å². The number of aryl methyl sites for hydroxylation is 3. The summed E-state index contributed by atoms with van der Waals surface area (Å²) < 4.78 is 5.15. The Kier molecular flexibility index (Phi) is 3.43. The molecular weight excluding hydrogens is 250 g/mol. The van der Waals surface area contributed by atoms with Crippen LogP contribution in [-0.4, -0.2) is 5.91 Å². The Labute approximate surface area is 111 Å². The number of amides is 1. The fourth-order valence-corrected chi connectivity index (χ4v) is 2.22. The van der Waals surface area contributed by atoms with Crippen LogP contribution in [0.5, 0.6) is 0 Å². The van der Waals surface area contributed by atoms with E-state index in [-0.39, 0.29) is 5.91 Å². The van der Waals surface area contributed by atoms with E-state index < -0.39 is 0 Å². The van der Waals surface area contributed by atoms with E-state index in [1.54, 1.807) is 6.07 Å². The van der Waals surface area contributed by atoms with Gasteiger partial charge in [-0.3, -0.25) is 4.79 Å². The lowest BCUT2D eigenvalue weighted by atomic mass is 10.1. The van der Waals surface area contributed by atoms with E-state index in [0.717, 1.165) is 16.7 Å². The molecule has 0 radical (unpaired) electrons. The molecule has 0 saturated heterocycles. The van der Waals surface area contributed by atoms with Gasteiger partial charge in [-0.2, -0.15) is 0 Å². The van der Waals surface area contributed by atoms with E-state index in [9.17, 15) is 4.79 Å². The van der Waals surface area contributed by atoms with Crippen LogP contribution in [0.3, 0.4) is 0 Å². The second-order valence-electron chi connectivity index (χ2n) is 4.33. The minimum absolute atomic E-state index is 0.286. The van der Waals surface area contributed by atoms with Crippen molar-refractivity contribution in [3.8, 4) is 0 Å². The topological polar surface area (TPSA) is 42.2 Å². The zero-order valence-corrected chi connectivity index (χ0v) is 11.3. The zero-order chi connectivity index (χ0) is 13.3. The average Bonchev–Trinajstić information content (AvgIpc) is 2.69. The van der Waals surface area contributed by atoms with Crippen LogP contribution < -0.4 is 5.32 Å². The first kappa shape index (κ1) is 12.7. The fraction of sp³-hybridized carbons (Fsp3) is 0.214. The highest BCUT2D eigenvalue weighted by atomic mass is 35.5. The summed E-state index contributed by atoms with van der Waals surface area (Å²) in [6, 6.07) is 5.54. The molecule has 0 aliphatic rings. The Balaban J connectivity index is 2.31.